The standard InChI is InChI=1S/C17H16N2O4S2/c1-8-10(3)25-16(12(8)17(21)22-4)19-14(20)13-9(2)23-15(18-13)11-6-5-7-24-11/h5-7H,1-4H3,(H,19,20). The van der Waals surface area contributed by atoms with Crippen molar-refractivity contribution in [1.29, 1.82) is 0 Å². The number of methoxy groups -OCH3 is 1. The number of hydrogen-bond acceptors (Lipinski definition) is 7. The van der Waals surface area contributed by atoms with Crippen molar-refractivity contribution in [1.82, 2.24) is 4.98 Å². The van der Waals surface area contributed by atoms with Crippen LogP contribution in [0.15, 0.2) is 21.9 Å². The Labute approximate surface area is 152 Å². The number of esters is 1. The molecule has 0 spiro atoms. The average molecular weight is 376 g/mol. The van der Waals surface area contributed by atoms with Crippen molar-refractivity contribution in [3.05, 3.63) is 45.0 Å². The quantitative estimate of drug-likeness (QED) is 0.681. The van der Waals surface area contributed by atoms with E-state index in [0.29, 0.717) is 22.2 Å². The summed E-state index contributed by atoms with van der Waals surface area (Å²) >= 11 is 2.81. The van der Waals surface area contributed by atoms with E-state index in [0.717, 1.165) is 15.3 Å². The van der Waals surface area contributed by atoms with Gasteiger partial charge in [0.2, 0.25) is 5.89 Å². The number of aromatic nitrogens is 1. The van der Waals surface area contributed by atoms with Gasteiger partial charge in [-0.25, -0.2) is 9.78 Å². The van der Waals surface area contributed by atoms with Gasteiger partial charge in [-0.15, -0.1) is 22.7 Å². The minimum atomic E-state index is -0.478. The van der Waals surface area contributed by atoms with Crippen LogP contribution in [0.3, 0.4) is 0 Å². The second-order valence-corrected chi connectivity index (χ2v) is 7.51. The average Bonchev–Trinajstić information content (AvgIpc) is 3.28. The predicted molar refractivity (Wildman–Crippen MR) is 97.6 cm³/mol. The Morgan fingerprint density at radius 1 is 1.28 bits per heavy atom. The van der Waals surface area contributed by atoms with Crippen molar-refractivity contribution in [2.24, 2.45) is 0 Å². The van der Waals surface area contributed by atoms with Crippen molar-refractivity contribution in [2.45, 2.75) is 20.8 Å². The van der Waals surface area contributed by atoms with Crippen LogP contribution in [-0.4, -0.2) is 24.0 Å². The summed E-state index contributed by atoms with van der Waals surface area (Å²) in [4.78, 5) is 30.7. The number of rotatable bonds is 4. The SMILES string of the molecule is COC(=O)c1c(NC(=O)c2nc(-c3cccs3)oc2C)sc(C)c1C. The summed E-state index contributed by atoms with van der Waals surface area (Å²) in [5.41, 5.74) is 1.36. The van der Waals surface area contributed by atoms with E-state index in [4.69, 9.17) is 9.15 Å². The molecule has 0 saturated carbocycles. The van der Waals surface area contributed by atoms with Gasteiger partial charge >= 0.3 is 5.97 Å². The van der Waals surface area contributed by atoms with Gasteiger partial charge in [0, 0.05) is 4.88 Å². The zero-order chi connectivity index (χ0) is 18.1. The number of hydrogen-bond donors (Lipinski definition) is 1. The predicted octanol–water partition coefficient (Wildman–Crippen LogP) is 4.43. The van der Waals surface area contributed by atoms with Gasteiger partial charge in [-0.3, -0.25) is 4.79 Å². The molecule has 8 heteroatoms. The summed E-state index contributed by atoms with van der Waals surface area (Å²) in [5, 5.41) is 5.12. The Hall–Kier alpha value is -2.45. The summed E-state index contributed by atoms with van der Waals surface area (Å²) in [6.45, 7) is 5.40. The van der Waals surface area contributed by atoms with Gasteiger partial charge in [0.1, 0.15) is 10.8 Å². The van der Waals surface area contributed by atoms with Crippen molar-refractivity contribution < 1.29 is 18.7 Å². The fourth-order valence-corrected chi connectivity index (χ4v) is 4.03. The van der Waals surface area contributed by atoms with Crippen LogP contribution < -0.4 is 5.32 Å². The monoisotopic (exact) mass is 376 g/mol. The third kappa shape index (κ3) is 3.22. The highest BCUT2D eigenvalue weighted by Crippen LogP contribution is 2.33. The zero-order valence-corrected chi connectivity index (χ0v) is 15.8. The number of aryl methyl sites for hydroxylation is 2. The molecule has 0 aliphatic carbocycles. The van der Waals surface area contributed by atoms with Crippen molar-refractivity contribution in [3.63, 3.8) is 0 Å². The van der Waals surface area contributed by atoms with Gasteiger partial charge < -0.3 is 14.5 Å². The minimum Gasteiger partial charge on any atom is -0.465 e. The first kappa shape index (κ1) is 17.4. The lowest BCUT2D eigenvalue weighted by Gasteiger charge is -2.04. The Balaban J connectivity index is 1.91. The maximum absolute atomic E-state index is 12.6. The number of amides is 1. The van der Waals surface area contributed by atoms with Crippen LogP contribution in [-0.2, 0) is 4.74 Å². The van der Waals surface area contributed by atoms with Gasteiger partial charge in [-0.1, -0.05) is 6.07 Å². The van der Waals surface area contributed by atoms with E-state index in [1.54, 1.807) is 6.92 Å². The summed E-state index contributed by atoms with van der Waals surface area (Å²) in [7, 11) is 1.31. The van der Waals surface area contributed by atoms with Crippen LogP contribution in [0.25, 0.3) is 10.8 Å². The molecule has 25 heavy (non-hydrogen) atoms. The Bertz CT molecular complexity index is 938. The van der Waals surface area contributed by atoms with Gasteiger partial charge in [0.25, 0.3) is 5.91 Å². The molecule has 0 fully saturated rings. The minimum absolute atomic E-state index is 0.197. The van der Waals surface area contributed by atoms with E-state index < -0.39 is 11.9 Å². The molecule has 3 aromatic heterocycles. The largest absolute Gasteiger partial charge is 0.465 e. The number of oxazole rings is 1. The van der Waals surface area contributed by atoms with Crippen LogP contribution in [0.4, 0.5) is 5.00 Å². The highest BCUT2D eigenvalue weighted by molar-refractivity contribution is 7.16. The van der Waals surface area contributed by atoms with Gasteiger partial charge in [-0.05, 0) is 37.8 Å². The number of carbonyl (C=O) groups excluding carboxylic acids is 2. The number of anilines is 1. The third-order valence-electron chi connectivity index (χ3n) is 3.75. The molecule has 1 amide bonds. The van der Waals surface area contributed by atoms with E-state index in [2.05, 4.69) is 10.3 Å². The number of carbonyl (C=O) groups is 2. The van der Waals surface area contributed by atoms with Gasteiger partial charge in [0.15, 0.2) is 5.69 Å². The lowest BCUT2D eigenvalue weighted by molar-refractivity contribution is 0.0601. The Morgan fingerprint density at radius 2 is 2.04 bits per heavy atom. The topological polar surface area (TPSA) is 81.4 Å². The molecule has 6 nitrogen and oxygen atoms in total. The highest BCUT2D eigenvalue weighted by atomic mass is 32.1. The maximum atomic E-state index is 12.6. The normalized spacial score (nSPS) is 10.7. The molecule has 0 aliphatic heterocycles. The van der Waals surface area contributed by atoms with Crippen LogP contribution >= 0.6 is 22.7 Å². The van der Waals surface area contributed by atoms with Crippen LogP contribution in [0, 0.1) is 20.8 Å². The Morgan fingerprint density at radius 3 is 2.68 bits per heavy atom. The fourth-order valence-electron chi connectivity index (χ4n) is 2.34. The van der Waals surface area contributed by atoms with Gasteiger partial charge in [-0.2, -0.15) is 0 Å². The lowest BCUT2D eigenvalue weighted by atomic mass is 10.1. The van der Waals surface area contributed by atoms with Crippen molar-refractivity contribution >= 4 is 39.6 Å². The number of ether oxygens (including phenoxy) is 1. The molecule has 3 rings (SSSR count). The molecule has 130 valence electrons. The molecule has 3 aromatic rings. The van der Waals surface area contributed by atoms with E-state index in [1.165, 1.54) is 29.8 Å². The second kappa shape index (κ2) is 6.81. The molecule has 0 saturated heterocycles. The number of nitrogens with zero attached hydrogens (tertiary/aromatic N) is 1. The molecule has 0 aromatic carbocycles. The van der Waals surface area contributed by atoms with Crippen LogP contribution in [0.5, 0.6) is 0 Å². The molecule has 0 atom stereocenters. The first-order valence-electron chi connectivity index (χ1n) is 7.43. The lowest BCUT2D eigenvalue weighted by Crippen LogP contribution is -2.15. The highest BCUT2D eigenvalue weighted by Gasteiger charge is 2.24. The summed E-state index contributed by atoms with van der Waals surface area (Å²) in [6, 6.07) is 3.76. The third-order valence-corrected chi connectivity index (χ3v) is 5.73. The molecule has 0 bridgehead atoms. The van der Waals surface area contributed by atoms with Crippen LogP contribution in [0.2, 0.25) is 0 Å². The fraction of sp³-hybridized carbons (Fsp3) is 0.235. The summed E-state index contributed by atoms with van der Waals surface area (Å²) in [6.07, 6.45) is 0. The molecule has 3 heterocycles. The first-order valence-corrected chi connectivity index (χ1v) is 9.13. The van der Waals surface area contributed by atoms with Crippen molar-refractivity contribution in [3.8, 4) is 10.8 Å². The molecular weight excluding hydrogens is 360 g/mol. The first-order chi connectivity index (χ1) is 11.9. The molecular formula is C17H16N2O4S2. The molecule has 0 radical (unpaired) electrons. The van der Waals surface area contributed by atoms with Gasteiger partial charge in [0.05, 0.1) is 17.6 Å². The number of thiophene rings is 2. The van der Waals surface area contributed by atoms with Crippen LogP contribution in [0.1, 0.15) is 37.0 Å². The van der Waals surface area contributed by atoms with E-state index in [-0.39, 0.29) is 5.69 Å². The summed E-state index contributed by atoms with van der Waals surface area (Å²) in [5.74, 6) is -0.0707. The summed E-state index contributed by atoms with van der Waals surface area (Å²) < 4.78 is 10.4. The van der Waals surface area contributed by atoms with Crippen molar-refractivity contribution in [2.75, 3.05) is 12.4 Å². The molecule has 1 N–H and O–H groups in total. The maximum Gasteiger partial charge on any atom is 0.341 e. The van der Waals surface area contributed by atoms with E-state index >= 15 is 0 Å². The smallest absolute Gasteiger partial charge is 0.341 e. The molecule has 0 unspecified atom stereocenters. The Kier molecular flexibility index (Phi) is 4.73. The molecule has 0 aliphatic rings. The zero-order valence-electron chi connectivity index (χ0n) is 14.1. The number of nitrogens with one attached hydrogen (secondary N) is 1. The van der Waals surface area contributed by atoms with E-state index in [1.807, 2.05) is 31.4 Å². The second-order valence-electron chi connectivity index (χ2n) is 5.33. The van der Waals surface area contributed by atoms with E-state index in [9.17, 15) is 9.59 Å².